The lowest BCUT2D eigenvalue weighted by atomic mass is 10.1. The second-order valence-corrected chi connectivity index (χ2v) is 4.67. The molecule has 0 saturated heterocycles. The van der Waals surface area contributed by atoms with E-state index < -0.39 is 0 Å². The zero-order valence-corrected chi connectivity index (χ0v) is 11.1. The zero-order valence-electron chi connectivity index (χ0n) is 11.1. The molecule has 0 bridgehead atoms. The molecule has 1 N–H and O–H groups in total. The summed E-state index contributed by atoms with van der Waals surface area (Å²) in [4.78, 5) is 11.4. The van der Waals surface area contributed by atoms with Crippen molar-refractivity contribution in [2.75, 3.05) is 26.9 Å². The van der Waals surface area contributed by atoms with Gasteiger partial charge in [0.25, 0.3) is 0 Å². The number of esters is 1. The van der Waals surface area contributed by atoms with E-state index in [4.69, 9.17) is 9.47 Å². The molecular weight excluding hydrogens is 206 g/mol. The van der Waals surface area contributed by atoms with E-state index in [0.29, 0.717) is 19.1 Å². The number of hydrogen-bond acceptors (Lipinski definition) is 4. The molecule has 0 saturated carbocycles. The van der Waals surface area contributed by atoms with Crippen molar-refractivity contribution in [2.24, 2.45) is 11.8 Å². The summed E-state index contributed by atoms with van der Waals surface area (Å²) < 4.78 is 10.2. The molecule has 0 radical (unpaired) electrons. The lowest BCUT2D eigenvalue weighted by molar-refractivity contribution is -0.144. The molecule has 1 unspecified atom stereocenters. The molecule has 1 atom stereocenters. The Labute approximate surface area is 98.7 Å². The van der Waals surface area contributed by atoms with Crippen LogP contribution in [0.3, 0.4) is 0 Å². The maximum Gasteiger partial charge on any atom is 0.323 e. The van der Waals surface area contributed by atoms with Crippen molar-refractivity contribution < 1.29 is 14.3 Å². The van der Waals surface area contributed by atoms with Crippen molar-refractivity contribution in [3.05, 3.63) is 0 Å². The van der Waals surface area contributed by atoms with Gasteiger partial charge in [0.05, 0.1) is 13.7 Å². The molecule has 0 aliphatic carbocycles. The van der Waals surface area contributed by atoms with Gasteiger partial charge in [0.15, 0.2) is 0 Å². The van der Waals surface area contributed by atoms with Gasteiger partial charge in [0.1, 0.15) is 6.04 Å². The van der Waals surface area contributed by atoms with E-state index in [-0.39, 0.29) is 17.9 Å². The van der Waals surface area contributed by atoms with Crippen molar-refractivity contribution in [1.29, 1.82) is 0 Å². The highest BCUT2D eigenvalue weighted by molar-refractivity contribution is 5.75. The van der Waals surface area contributed by atoms with E-state index in [0.717, 1.165) is 6.61 Å². The van der Waals surface area contributed by atoms with Gasteiger partial charge in [-0.2, -0.15) is 0 Å². The van der Waals surface area contributed by atoms with Gasteiger partial charge in [-0.15, -0.1) is 0 Å². The average molecular weight is 231 g/mol. The normalized spacial score (nSPS) is 13.2. The Balaban J connectivity index is 3.73. The summed E-state index contributed by atoms with van der Waals surface area (Å²) in [5, 5.41) is 3.14. The first-order chi connectivity index (χ1) is 7.49. The summed E-state index contributed by atoms with van der Waals surface area (Å²) in [6.45, 7) is 10.3. The van der Waals surface area contributed by atoms with Crippen molar-refractivity contribution in [3.63, 3.8) is 0 Å². The lowest BCUT2D eigenvalue weighted by Gasteiger charge is -2.19. The van der Waals surface area contributed by atoms with E-state index in [1.54, 1.807) is 0 Å². The fraction of sp³-hybridized carbons (Fsp3) is 0.917. The largest absolute Gasteiger partial charge is 0.468 e. The molecule has 0 fully saturated rings. The molecule has 4 heteroatoms. The topological polar surface area (TPSA) is 47.6 Å². The van der Waals surface area contributed by atoms with E-state index >= 15 is 0 Å². The summed E-state index contributed by atoms with van der Waals surface area (Å²) in [6, 6.07) is -0.243. The number of carbonyl (C=O) groups excluding carboxylic acids is 1. The third-order valence-electron chi connectivity index (χ3n) is 2.18. The monoisotopic (exact) mass is 231 g/mol. The summed E-state index contributed by atoms with van der Waals surface area (Å²) >= 11 is 0. The highest BCUT2D eigenvalue weighted by atomic mass is 16.5. The van der Waals surface area contributed by atoms with Crippen LogP contribution in [0.5, 0.6) is 0 Å². The Hall–Kier alpha value is -0.610. The standard InChI is InChI=1S/C12H25NO3/c1-9(2)8-16-7-6-13-11(10(3)4)12(14)15-5/h9-11,13H,6-8H2,1-5H3. The maximum absolute atomic E-state index is 11.4. The van der Waals surface area contributed by atoms with Crippen molar-refractivity contribution in [1.82, 2.24) is 5.32 Å². The number of carbonyl (C=O) groups is 1. The third-order valence-corrected chi connectivity index (χ3v) is 2.18. The Morgan fingerprint density at radius 3 is 2.31 bits per heavy atom. The average Bonchev–Trinajstić information content (AvgIpc) is 2.21. The summed E-state index contributed by atoms with van der Waals surface area (Å²) in [5.41, 5.74) is 0. The van der Waals surface area contributed by atoms with Crippen LogP contribution in [0.2, 0.25) is 0 Å². The first kappa shape index (κ1) is 15.4. The number of nitrogens with one attached hydrogen (secondary N) is 1. The first-order valence-corrected chi connectivity index (χ1v) is 5.88. The van der Waals surface area contributed by atoms with Gasteiger partial charge in [0, 0.05) is 13.2 Å². The number of rotatable bonds is 8. The molecule has 0 aromatic carbocycles. The predicted octanol–water partition coefficient (Wildman–Crippen LogP) is 1.45. The minimum Gasteiger partial charge on any atom is -0.468 e. The van der Waals surface area contributed by atoms with E-state index in [2.05, 4.69) is 19.2 Å². The van der Waals surface area contributed by atoms with E-state index in [9.17, 15) is 4.79 Å². The smallest absolute Gasteiger partial charge is 0.323 e. The van der Waals surface area contributed by atoms with Gasteiger partial charge < -0.3 is 14.8 Å². The number of ether oxygens (including phenoxy) is 2. The summed E-state index contributed by atoms with van der Waals surface area (Å²) in [7, 11) is 1.41. The molecule has 0 spiro atoms. The molecule has 0 aliphatic rings. The number of methoxy groups -OCH3 is 1. The molecule has 16 heavy (non-hydrogen) atoms. The molecular formula is C12H25NO3. The SMILES string of the molecule is COC(=O)C(NCCOCC(C)C)C(C)C. The van der Waals surface area contributed by atoms with Crippen LogP contribution in [0.15, 0.2) is 0 Å². The van der Waals surface area contributed by atoms with Crippen LogP contribution in [0.1, 0.15) is 27.7 Å². The van der Waals surface area contributed by atoms with Gasteiger partial charge >= 0.3 is 5.97 Å². The zero-order chi connectivity index (χ0) is 12.6. The van der Waals surface area contributed by atoms with Gasteiger partial charge in [-0.25, -0.2) is 0 Å². The molecule has 4 nitrogen and oxygen atoms in total. The molecule has 0 amide bonds. The van der Waals surface area contributed by atoms with E-state index in [1.165, 1.54) is 7.11 Å². The molecule has 0 heterocycles. The van der Waals surface area contributed by atoms with Crippen LogP contribution in [0.25, 0.3) is 0 Å². The van der Waals surface area contributed by atoms with Gasteiger partial charge in [-0.1, -0.05) is 27.7 Å². The van der Waals surface area contributed by atoms with E-state index in [1.807, 2.05) is 13.8 Å². The molecule has 0 aliphatic heterocycles. The molecule has 0 rings (SSSR count). The van der Waals surface area contributed by atoms with Gasteiger partial charge in [0.2, 0.25) is 0 Å². The van der Waals surface area contributed by atoms with Crippen molar-refractivity contribution in [3.8, 4) is 0 Å². The Bertz CT molecular complexity index is 193. The summed E-state index contributed by atoms with van der Waals surface area (Å²) in [5.74, 6) is 0.554. The predicted molar refractivity (Wildman–Crippen MR) is 64.3 cm³/mol. The Morgan fingerprint density at radius 1 is 1.25 bits per heavy atom. The molecule has 0 aromatic rings. The molecule has 96 valence electrons. The lowest BCUT2D eigenvalue weighted by Crippen LogP contribution is -2.43. The van der Waals surface area contributed by atoms with Crippen molar-refractivity contribution in [2.45, 2.75) is 33.7 Å². The van der Waals surface area contributed by atoms with Crippen LogP contribution < -0.4 is 5.32 Å². The molecule has 0 aromatic heterocycles. The fourth-order valence-corrected chi connectivity index (χ4v) is 1.32. The second-order valence-electron chi connectivity index (χ2n) is 4.67. The Kier molecular flexibility index (Phi) is 8.21. The summed E-state index contributed by atoms with van der Waals surface area (Å²) in [6.07, 6.45) is 0. The second kappa shape index (κ2) is 8.53. The number of hydrogen-bond donors (Lipinski definition) is 1. The first-order valence-electron chi connectivity index (χ1n) is 5.88. The van der Waals surface area contributed by atoms with Crippen LogP contribution >= 0.6 is 0 Å². The van der Waals surface area contributed by atoms with Crippen LogP contribution in [0.4, 0.5) is 0 Å². The minimum absolute atomic E-state index is 0.209. The van der Waals surface area contributed by atoms with Crippen LogP contribution in [-0.2, 0) is 14.3 Å². The fourth-order valence-electron chi connectivity index (χ4n) is 1.32. The minimum atomic E-state index is -0.243. The highest BCUT2D eigenvalue weighted by Crippen LogP contribution is 2.03. The van der Waals surface area contributed by atoms with Crippen LogP contribution in [0, 0.1) is 11.8 Å². The quantitative estimate of drug-likeness (QED) is 0.507. The van der Waals surface area contributed by atoms with Crippen LogP contribution in [-0.4, -0.2) is 38.9 Å². The van der Waals surface area contributed by atoms with Crippen molar-refractivity contribution >= 4 is 5.97 Å². The Morgan fingerprint density at radius 2 is 1.88 bits per heavy atom. The highest BCUT2D eigenvalue weighted by Gasteiger charge is 2.21. The third kappa shape index (κ3) is 6.80. The maximum atomic E-state index is 11.4. The van der Waals surface area contributed by atoms with Gasteiger partial charge in [-0.3, -0.25) is 4.79 Å². The van der Waals surface area contributed by atoms with Gasteiger partial charge in [-0.05, 0) is 11.8 Å².